The molecule has 112 valence electrons. The van der Waals surface area contributed by atoms with Crippen molar-refractivity contribution in [3.63, 3.8) is 0 Å². The van der Waals surface area contributed by atoms with Crippen LogP contribution in [-0.2, 0) is 10.8 Å². The molecule has 0 bridgehead atoms. The summed E-state index contributed by atoms with van der Waals surface area (Å²) in [5.74, 6) is 0. The van der Waals surface area contributed by atoms with Crippen LogP contribution in [0.5, 0.6) is 0 Å². The molecular formula is C20H22N2. The first-order valence-corrected chi connectivity index (χ1v) is 7.51. The molecule has 2 nitrogen and oxygen atoms in total. The van der Waals surface area contributed by atoms with E-state index in [1.165, 1.54) is 11.1 Å². The van der Waals surface area contributed by atoms with E-state index in [9.17, 15) is 10.5 Å². The Morgan fingerprint density at radius 2 is 1.27 bits per heavy atom. The van der Waals surface area contributed by atoms with Crippen LogP contribution in [0.1, 0.15) is 63.8 Å². The van der Waals surface area contributed by atoms with E-state index < -0.39 is 0 Å². The summed E-state index contributed by atoms with van der Waals surface area (Å²) in [5, 5.41) is 20.7. The quantitative estimate of drug-likeness (QED) is 0.671. The van der Waals surface area contributed by atoms with Gasteiger partial charge in [0.05, 0.1) is 11.1 Å². The number of benzene rings is 2. The van der Waals surface area contributed by atoms with Gasteiger partial charge < -0.3 is 0 Å². The van der Waals surface area contributed by atoms with E-state index in [4.69, 9.17) is 0 Å². The van der Waals surface area contributed by atoms with E-state index in [-0.39, 0.29) is 10.8 Å². The minimum atomic E-state index is -0.0274. The van der Waals surface area contributed by atoms with Crippen molar-refractivity contribution in [2.75, 3.05) is 0 Å². The van der Waals surface area contributed by atoms with Gasteiger partial charge in [0, 0.05) is 0 Å². The highest BCUT2D eigenvalue weighted by molar-refractivity contribution is 5.90. The normalized spacial score (nSPS) is 12.0. The van der Waals surface area contributed by atoms with Gasteiger partial charge in [-0.15, -0.1) is 0 Å². The number of nitrogens with zero attached hydrogens (tertiary/aromatic N) is 2. The van der Waals surface area contributed by atoms with Crippen LogP contribution in [0.2, 0.25) is 0 Å². The van der Waals surface area contributed by atoms with Crippen LogP contribution in [0.25, 0.3) is 10.8 Å². The van der Waals surface area contributed by atoms with E-state index in [0.717, 1.165) is 10.8 Å². The topological polar surface area (TPSA) is 47.6 Å². The Hall–Kier alpha value is -2.32. The summed E-state index contributed by atoms with van der Waals surface area (Å²) in [6.45, 7) is 13.1. The first-order valence-electron chi connectivity index (χ1n) is 7.51. The van der Waals surface area contributed by atoms with Gasteiger partial charge in [-0.05, 0) is 44.9 Å². The highest BCUT2D eigenvalue weighted by Crippen LogP contribution is 2.36. The van der Waals surface area contributed by atoms with Gasteiger partial charge in [-0.1, -0.05) is 53.7 Å². The molecule has 0 aliphatic rings. The van der Waals surface area contributed by atoms with Crippen molar-refractivity contribution in [1.29, 1.82) is 10.5 Å². The van der Waals surface area contributed by atoms with Crippen LogP contribution in [0, 0.1) is 22.7 Å². The monoisotopic (exact) mass is 290 g/mol. The molecular weight excluding hydrogens is 268 g/mol. The van der Waals surface area contributed by atoms with Gasteiger partial charge in [0.25, 0.3) is 0 Å². The van der Waals surface area contributed by atoms with Crippen molar-refractivity contribution >= 4 is 10.8 Å². The summed E-state index contributed by atoms with van der Waals surface area (Å²) in [5.41, 5.74) is 3.37. The minimum Gasteiger partial charge on any atom is -0.192 e. The lowest BCUT2D eigenvalue weighted by molar-refractivity contribution is 0.573. The van der Waals surface area contributed by atoms with Crippen LogP contribution in [-0.4, -0.2) is 0 Å². The lowest BCUT2D eigenvalue weighted by Gasteiger charge is -2.27. The van der Waals surface area contributed by atoms with E-state index in [0.29, 0.717) is 11.1 Å². The van der Waals surface area contributed by atoms with Gasteiger partial charge in [0.15, 0.2) is 0 Å². The van der Waals surface area contributed by atoms with Crippen molar-refractivity contribution < 1.29 is 0 Å². The smallest absolute Gasteiger partial charge is 0.101 e. The molecule has 0 heterocycles. The molecule has 2 heteroatoms. The Morgan fingerprint density at radius 3 is 1.73 bits per heavy atom. The summed E-state index contributed by atoms with van der Waals surface area (Å²) in [4.78, 5) is 0. The highest BCUT2D eigenvalue weighted by Gasteiger charge is 2.22. The van der Waals surface area contributed by atoms with Crippen molar-refractivity contribution in [2.45, 2.75) is 52.4 Å². The molecule has 2 aromatic rings. The summed E-state index contributed by atoms with van der Waals surface area (Å²) in [6.07, 6.45) is 0. The summed E-state index contributed by atoms with van der Waals surface area (Å²) < 4.78 is 0. The molecule has 0 saturated heterocycles. The van der Waals surface area contributed by atoms with Crippen LogP contribution in [0.4, 0.5) is 0 Å². The van der Waals surface area contributed by atoms with E-state index in [1.54, 1.807) is 0 Å². The Labute approximate surface area is 133 Å². The summed E-state index contributed by atoms with van der Waals surface area (Å²) >= 11 is 0. The average molecular weight is 290 g/mol. The maximum atomic E-state index is 9.29. The minimum absolute atomic E-state index is 0.0274. The molecule has 2 aromatic carbocycles. The van der Waals surface area contributed by atoms with Gasteiger partial charge in [0.1, 0.15) is 12.1 Å². The van der Waals surface area contributed by atoms with Crippen molar-refractivity contribution in [3.8, 4) is 12.1 Å². The number of fused-ring (bicyclic) bond motifs is 1. The Bertz CT molecular complexity index is 816. The Morgan fingerprint density at radius 1 is 0.727 bits per heavy atom. The molecule has 0 saturated carbocycles. The Balaban J connectivity index is 2.96. The van der Waals surface area contributed by atoms with Crippen molar-refractivity contribution in [3.05, 3.63) is 46.5 Å². The second-order valence-corrected chi connectivity index (χ2v) is 7.87. The molecule has 2 rings (SSSR count). The average Bonchev–Trinajstić information content (AvgIpc) is 2.42. The summed E-state index contributed by atoms with van der Waals surface area (Å²) in [7, 11) is 0. The molecule has 0 unspecified atom stereocenters. The number of hydrogen-bond donors (Lipinski definition) is 0. The zero-order chi connectivity index (χ0) is 16.7. The molecule has 0 fully saturated rings. The van der Waals surface area contributed by atoms with E-state index >= 15 is 0 Å². The molecule has 22 heavy (non-hydrogen) atoms. The van der Waals surface area contributed by atoms with Crippen LogP contribution >= 0.6 is 0 Å². The zero-order valence-corrected chi connectivity index (χ0v) is 14.2. The predicted octanol–water partition coefficient (Wildman–Crippen LogP) is 5.18. The lowest BCUT2D eigenvalue weighted by Crippen LogP contribution is -2.17. The molecule has 0 aliphatic carbocycles. The standard InChI is InChI=1S/C20H22N2/c1-19(2,3)16-8-13-7-14(11-21)15(12-22)9-17(13)18(10-16)20(4,5)6/h7-10H,1-6H3. The SMILES string of the molecule is CC(C)(C)c1cc(C(C)(C)C)c2cc(C#N)c(C#N)cc2c1. The zero-order valence-electron chi connectivity index (χ0n) is 14.2. The van der Waals surface area contributed by atoms with Gasteiger partial charge in [-0.25, -0.2) is 0 Å². The highest BCUT2D eigenvalue weighted by atomic mass is 14.3. The molecule has 0 radical (unpaired) electrons. The lowest BCUT2D eigenvalue weighted by atomic mass is 9.77. The maximum absolute atomic E-state index is 9.29. The molecule has 0 N–H and O–H groups in total. The van der Waals surface area contributed by atoms with Crippen LogP contribution in [0.3, 0.4) is 0 Å². The summed E-state index contributed by atoms with van der Waals surface area (Å²) in [6, 6.07) is 12.4. The van der Waals surface area contributed by atoms with Crippen molar-refractivity contribution in [1.82, 2.24) is 0 Å². The Kier molecular flexibility index (Phi) is 3.76. The molecule has 0 aliphatic heterocycles. The molecule has 0 amide bonds. The third-order valence-electron chi connectivity index (χ3n) is 4.01. The van der Waals surface area contributed by atoms with E-state index in [1.807, 2.05) is 12.1 Å². The maximum Gasteiger partial charge on any atom is 0.101 e. The first-order chi connectivity index (χ1) is 10.1. The van der Waals surface area contributed by atoms with Gasteiger partial charge in [-0.3, -0.25) is 0 Å². The molecule has 0 spiro atoms. The van der Waals surface area contributed by atoms with E-state index in [2.05, 4.69) is 65.8 Å². The number of rotatable bonds is 0. The first kappa shape index (κ1) is 16.1. The fourth-order valence-corrected chi connectivity index (χ4v) is 2.65. The molecule has 0 aromatic heterocycles. The fraction of sp³-hybridized carbons (Fsp3) is 0.400. The fourth-order valence-electron chi connectivity index (χ4n) is 2.65. The number of hydrogen-bond acceptors (Lipinski definition) is 2. The van der Waals surface area contributed by atoms with Gasteiger partial charge in [-0.2, -0.15) is 10.5 Å². The largest absolute Gasteiger partial charge is 0.192 e. The third kappa shape index (κ3) is 2.83. The number of nitriles is 2. The molecule has 0 atom stereocenters. The second kappa shape index (κ2) is 5.15. The van der Waals surface area contributed by atoms with Crippen LogP contribution in [0.15, 0.2) is 24.3 Å². The van der Waals surface area contributed by atoms with Gasteiger partial charge in [0.2, 0.25) is 0 Å². The third-order valence-corrected chi connectivity index (χ3v) is 4.01. The van der Waals surface area contributed by atoms with Gasteiger partial charge >= 0.3 is 0 Å². The predicted molar refractivity (Wildman–Crippen MR) is 90.8 cm³/mol. The van der Waals surface area contributed by atoms with Crippen LogP contribution < -0.4 is 0 Å². The second-order valence-electron chi connectivity index (χ2n) is 7.87. The van der Waals surface area contributed by atoms with Crippen molar-refractivity contribution in [2.24, 2.45) is 0 Å².